The minimum atomic E-state index is -0.294. The molecule has 1 fully saturated rings. The summed E-state index contributed by atoms with van der Waals surface area (Å²) in [6, 6.07) is 6.21. The first-order valence-corrected chi connectivity index (χ1v) is 7.83. The van der Waals surface area contributed by atoms with Crippen LogP contribution < -0.4 is 5.32 Å². The van der Waals surface area contributed by atoms with Crippen molar-refractivity contribution < 1.29 is 14.0 Å². The van der Waals surface area contributed by atoms with E-state index in [0.717, 1.165) is 18.4 Å². The molecule has 1 heterocycles. The monoisotopic (exact) mass is 306 g/mol. The van der Waals surface area contributed by atoms with Crippen LogP contribution in [0, 0.1) is 11.7 Å². The van der Waals surface area contributed by atoms with Gasteiger partial charge in [0.25, 0.3) is 0 Å². The minimum absolute atomic E-state index is 0.0582. The zero-order valence-corrected chi connectivity index (χ0v) is 13.1. The van der Waals surface area contributed by atoms with Gasteiger partial charge < -0.3 is 10.2 Å². The van der Waals surface area contributed by atoms with Gasteiger partial charge in [0.05, 0.1) is 5.92 Å². The van der Waals surface area contributed by atoms with Crippen molar-refractivity contribution in [3.8, 4) is 0 Å². The fourth-order valence-electron chi connectivity index (χ4n) is 2.84. The van der Waals surface area contributed by atoms with Crippen molar-refractivity contribution in [1.82, 2.24) is 10.2 Å². The number of carbonyl (C=O) groups is 2. The van der Waals surface area contributed by atoms with Gasteiger partial charge in [0.2, 0.25) is 11.8 Å². The summed E-state index contributed by atoms with van der Waals surface area (Å²) in [5, 5.41) is 2.83. The van der Waals surface area contributed by atoms with Crippen LogP contribution in [0.3, 0.4) is 0 Å². The van der Waals surface area contributed by atoms with Gasteiger partial charge in [0.15, 0.2) is 0 Å². The van der Waals surface area contributed by atoms with E-state index in [9.17, 15) is 14.0 Å². The number of nitrogens with one attached hydrogen (secondary N) is 1. The lowest BCUT2D eigenvalue weighted by atomic mass is 10.1. The second-order valence-electron chi connectivity index (χ2n) is 5.93. The Morgan fingerprint density at radius 2 is 2.09 bits per heavy atom. The maximum absolute atomic E-state index is 12.8. The van der Waals surface area contributed by atoms with Gasteiger partial charge in [-0.2, -0.15) is 0 Å². The highest BCUT2D eigenvalue weighted by atomic mass is 19.1. The van der Waals surface area contributed by atoms with Crippen molar-refractivity contribution in [3.05, 3.63) is 35.6 Å². The van der Waals surface area contributed by atoms with Crippen molar-refractivity contribution in [2.75, 3.05) is 6.54 Å². The molecule has 1 saturated heterocycles. The first kappa shape index (κ1) is 16.5. The molecule has 120 valence electrons. The maximum atomic E-state index is 12.8. The van der Waals surface area contributed by atoms with Crippen LogP contribution in [0.25, 0.3) is 0 Å². The summed E-state index contributed by atoms with van der Waals surface area (Å²) in [5.41, 5.74) is 0.843. The smallest absolute Gasteiger partial charge is 0.225 e. The number of halogens is 1. The molecule has 0 saturated carbocycles. The molecule has 0 bridgehead atoms. The summed E-state index contributed by atoms with van der Waals surface area (Å²) in [7, 11) is 0. The molecule has 1 aromatic rings. The van der Waals surface area contributed by atoms with Crippen LogP contribution in [0.4, 0.5) is 4.39 Å². The lowest BCUT2D eigenvalue weighted by molar-refractivity contribution is -0.130. The Bertz CT molecular complexity index is 530. The van der Waals surface area contributed by atoms with Gasteiger partial charge in [0.1, 0.15) is 5.82 Å². The van der Waals surface area contributed by atoms with Crippen molar-refractivity contribution in [3.63, 3.8) is 0 Å². The van der Waals surface area contributed by atoms with E-state index in [2.05, 4.69) is 12.2 Å². The molecule has 4 nitrogen and oxygen atoms in total. The van der Waals surface area contributed by atoms with Crippen LogP contribution >= 0.6 is 0 Å². The molecule has 0 aromatic heterocycles. The van der Waals surface area contributed by atoms with Crippen molar-refractivity contribution in [2.24, 2.45) is 5.92 Å². The van der Waals surface area contributed by atoms with Crippen LogP contribution in [0.5, 0.6) is 0 Å². The molecule has 0 unspecified atom stereocenters. The first-order valence-electron chi connectivity index (χ1n) is 7.83. The number of hydrogen-bond acceptors (Lipinski definition) is 2. The van der Waals surface area contributed by atoms with Gasteiger partial charge in [-0.05, 0) is 31.0 Å². The fraction of sp³-hybridized carbons (Fsp3) is 0.529. The quantitative estimate of drug-likeness (QED) is 0.878. The molecule has 2 atom stereocenters. The van der Waals surface area contributed by atoms with Crippen LogP contribution in [0.2, 0.25) is 0 Å². The first-order chi connectivity index (χ1) is 10.5. The Balaban J connectivity index is 1.85. The molecule has 1 N–H and O–H groups in total. The normalized spacial score (nSPS) is 19.3. The number of amides is 2. The number of likely N-dealkylation sites (tertiary alicyclic amines) is 1. The number of rotatable bonds is 6. The third-order valence-electron chi connectivity index (χ3n) is 4.15. The molecule has 22 heavy (non-hydrogen) atoms. The summed E-state index contributed by atoms with van der Waals surface area (Å²) in [5.74, 6) is -0.629. The number of carbonyl (C=O) groups excluding carboxylic acids is 2. The average molecular weight is 306 g/mol. The Kier molecular flexibility index (Phi) is 5.52. The van der Waals surface area contributed by atoms with Gasteiger partial charge in [0, 0.05) is 25.6 Å². The Morgan fingerprint density at radius 1 is 1.41 bits per heavy atom. The Labute approximate surface area is 130 Å². The molecule has 5 heteroatoms. The topological polar surface area (TPSA) is 49.4 Å². The predicted molar refractivity (Wildman–Crippen MR) is 82.4 cm³/mol. The highest BCUT2D eigenvalue weighted by molar-refractivity contribution is 5.89. The van der Waals surface area contributed by atoms with Gasteiger partial charge in [-0.1, -0.05) is 25.5 Å². The van der Waals surface area contributed by atoms with E-state index in [1.54, 1.807) is 12.1 Å². The predicted octanol–water partition coefficient (Wildman–Crippen LogP) is 2.48. The van der Waals surface area contributed by atoms with Crippen LogP contribution in [0.15, 0.2) is 24.3 Å². The van der Waals surface area contributed by atoms with E-state index >= 15 is 0 Å². The van der Waals surface area contributed by atoms with E-state index in [4.69, 9.17) is 0 Å². The van der Waals surface area contributed by atoms with Crippen LogP contribution in [0.1, 0.15) is 38.7 Å². The van der Waals surface area contributed by atoms with Crippen LogP contribution in [-0.2, 0) is 16.1 Å². The highest BCUT2D eigenvalue weighted by Gasteiger charge is 2.36. The SMILES string of the molecule is CCC[C@H](C)N1C[C@@H](C(=O)NCc2ccc(F)cc2)CC1=O. The molecule has 2 amide bonds. The molecule has 1 aromatic carbocycles. The Hall–Kier alpha value is -1.91. The number of benzene rings is 1. The average Bonchev–Trinajstić information content (AvgIpc) is 2.89. The zero-order valence-electron chi connectivity index (χ0n) is 13.1. The summed E-state index contributed by atoms with van der Waals surface area (Å²) in [4.78, 5) is 26.0. The minimum Gasteiger partial charge on any atom is -0.352 e. The molecular weight excluding hydrogens is 283 g/mol. The van der Waals surface area contributed by atoms with Crippen molar-refractivity contribution >= 4 is 11.8 Å². The summed E-state index contributed by atoms with van der Waals surface area (Å²) in [6.07, 6.45) is 2.26. The van der Waals surface area contributed by atoms with Gasteiger partial charge in [-0.15, -0.1) is 0 Å². The summed E-state index contributed by atoms with van der Waals surface area (Å²) in [6.45, 7) is 4.97. The fourth-order valence-corrected chi connectivity index (χ4v) is 2.84. The standard InChI is InChI=1S/C17H23FN2O2/c1-3-4-12(2)20-11-14(9-16(20)21)17(22)19-10-13-5-7-15(18)8-6-13/h5-8,12,14H,3-4,9-11H2,1-2H3,(H,19,22)/t12-,14-/m0/s1. The summed E-state index contributed by atoms with van der Waals surface area (Å²) >= 11 is 0. The van der Waals surface area contributed by atoms with Crippen molar-refractivity contribution in [2.45, 2.75) is 45.7 Å². The summed E-state index contributed by atoms with van der Waals surface area (Å²) < 4.78 is 12.8. The maximum Gasteiger partial charge on any atom is 0.225 e. The zero-order chi connectivity index (χ0) is 16.1. The second kappa shape index (κ2) is 7.38. The molecule has 0 aliphatic carbocycles. The number of hydrogen-bond donors (Lipinski definition) is 1. The van der Waals surface area contributed by atoms with Gasteiger partial charge in [-0.25, -0.2) is 4.39 Å². The van der Waals surface area contributed by atoms with E-state index in [1.807, 2.05) is 11.8 Å². The third-order valence-corrected chi connectivity index (χ3v) is 4.15. The van der Waals surface area contributed by atoms with Crippen molar-refractivity contribution in [1.29, 1.82) is 0 Å². The molecule has 0 spiro atoms. The van der Waals surface area contributed by atoms with E-state index in [-0.39, 0.29) is 36.0 Å². The van der Waals surface area contributed by atoms with Gasteiger partial charge >= 0.3 is 0 Å². The highest BCUT2D eigenvalue weighted by Crippen LogP contribution is 2.22. The van der Waals surface area contributed by atoms with E-state index < -0.39 is 0 Å². The largest absolute Gasteiger partial charge is 0.352 e. The molecule has 1 aliphatic heterocycles. The van der Waals surface area contributed by atoms with E-state index in [0.29, 0.717) is 13.1 Å². The molecule has 0 radical (unpaired) electrons. The van der Waals surface area contributed by atoms with Gasteiger partial charge in [-0.3, -0.25) is 9.59 Å². The lowest BCUT2D eigenvalue weighted by Crippen LogP contribution is -2.36. The molecule has 2 rings (SSSR count). The second-order valence-corrected chi connectivity index (χ2v) is 5.93. The third kappa shape index (κ3) is 4.06. The number of nitrogens with zero attached hydrogens (tertiary/aromatic N) is 1. The molecule has 1 aliphatic rings. The lowest BCUT2D eigenvalue weighted by Gasteiger charge is -2.24. The van der Waals surface area contributed by atoms with Crippen LogP contribution in [-0.4, -0.2) is 29.3 Å². The van der Waals surface area contributed by atoms with E-state index in [1.165, 1.54) is 12.1 Å². The Morgan fingerprint density at radius 3 is 2.73 bits per heavy atom. The molecular formula is C17H23FN2O2.